The van der Waals surface area contributed by atoms with Crippen LogP contribution in [0.3, 0.4) is 0 Å². The number of benzene rings is 2. The van der Waals surface area contributed by atoms with Gasteiger partial charge in [0.2, 0.25) is 11.8 Å². The van der Waals surface area contributed by atoms with E-state index in [1.165, 1.54) is 0 Å². The highest BCUT2D eigenvalue weighted by atomic mass is 79.9. The summed E-state index contributed by atoms with van der Waals surface area (Å²) in [6, 6.07) is 12.8. The summed E-state index contributed by atoms with van der Waals surface area (Å²) in [7, 11) is 1.59. The minimum atomic E-state index is -0.261. The molecule has 2 amide bonds. The molecule has 126 valence electrons. The molecule has 5 nitrogen and oxygen atoms in total. The standard InChI is InChI=1S/C18H19BrN2O3/c1-12-9-14(19)5-8-16(12)21-18(23)11-20-17(22)10-13-3-6-15(24-2)7-4-13/h3-9H,10-11H2,1-2H3,(H,20,22)(H,21,23). The molecular weight excluding hydrogens is 372 g/mol. The molecule has 0 bridgehead atoms. The summed E-state index contributed by atoms with van der Waals surface area (Å²) in [6.07, 6.45) is 0.217. The molecule has 0 radical (unpaired) electrons. The molecule has 2 aromatic carbocycles. The van der Waals surface area contributed by atoms with Crippen LogP contribution < -0.4 is 15.4 Å². The first-order valence-electron chi connectivity index (χ1n) is 7.43. The molecule has 0 aliphatic carbocycles. The Morgan fingerprint density at radius 3 is 2.42 bits per heavy atom. The zero-order valence-electron chi connectivity index (χ0n) is 13.6. The van der Waals surface area contributed by atoms with E-state index >= 15 is 0 Å². The van der Waals surface area contributed by atoms with Crippen LogP contribution in [0.1, 0.15) is 11.1 Å². The van der Waals surface area contributed by atoms with Gasteiger partial charge in [0.1, 0.15) is 5.75 Å². The van der Waals surface area contributed by atoms with Gasteiger partial charge in [0.05, 0.1) is 20.1 Å². The van der Waals surface area contributed by atoms with Crippen LogP contribution in [0.15, 0.2) is 46.9 Å². The molecule has 6 heteroatoms. The van der Waals surface area contributed by atoms with Gasteiger partial charge in [-0.15, -0.1) is 0 Å². The number of hydrogen-bond donors (Lipinski definition) is 2. The van der Waals surface area contributed by atoms with Crippen molar-refractivity contribution in [3.05, 3.63) is 58.1 Å². The Morgan fingerprint density at radius 2 is 1.79 bits per heavy atom. The van der Waals surface area contributed by atoms with Crippen molar-refractivity contribution in [2.45, 2.75) is 13.3 Å². The summed E-state index contributed by atoms with van der Waals surface area (Å²) < 4.78 is 6.02. The molecule has 0 unspecified atom stereocenters. The number of nitrogens with one attached hydrogen (secondary N) is 2. The van der Waals surface area contributed by atoms with E-state index in [1.54, 1.807) is 19.2 Å². The molecule has 0 saturated heterocycles. The SMILES string of the molecule is COc1ccc(CC(=O)NCC(=O)Nc2ccc(Br)cc2C)cc1. The molecule has 24 heavy (non-hydrogen) atoms. The molecular formula is C18H19BrN2O3. The Kier molecular flexibility index (Phi) is 6.37. The maximum atomic E-state index is 11.9. The van der Waals surface area contributed by atoms with E-state index in [2.05, 4.69) is 26.6 Å². The van der Waals surface area contributed by atoms with E-state index in [-0.39, 0.29) is 24.8 Å². The fraction of sp³-hybridized carbons (Fsp3) is 0.222. The molecule has 0 spiro atoms. The number of ether oxygens (including phenoxy) is 1. The number of aryl methyl sites for hydroxylation is 1. The highest BCUT2D eigenvalue weighted by Crippen LogP contribution is 2.19. The second-order valence-electron chi connectivity index (χ2n) is 5.31. The lowest BCUT2D eigenvalue weighted by molar-refractivity contribution is -0.123. The largest absolute Gasteiger partial charge is 0.497 e. The minimum Gasteiger partial charge on any atom is -0.497 e. The summed E-state index contributed by atoms with van der Waals surface area (Å²) >= 11 is 3.38. The number of rotatable bonds is 6. The van der Waals surface area contributed by atoms with E-state index in [9.17, 15) is 9.59 Å². The number of anilines is 1. The first kappa shape index (κ1) is 18.0. The van der Waals surface area contributed by atoms with Crippen LogP contribution >= 0.6 is 15.9 Å². The van der Waals surface area contributed by atoms with Crippen LogP contribution in [0.4, 0.5) is 5.69 Å². The van der Waals surface area contributed by atoms with Crippen LogP contribution in [0.25, 0.3) is 0 Å². The molecule has 0 aliphatic heterocycles. The van der Waals surface area contributed by atoms with Gasteiger partial charge in [0, 0.05) is 10.2 Å². The second kappa shape index (κ2) is 8.49. The summed E-state index contributed by atoms with van der Waals surface area (Å²) in [5, 5.41) is 5.40. The van der Waals surface area contributed by atoms with Gasteiger partial charge < -0.3 is 15.4 Å². The summed E-state index contributed by atoms with van der Waals surface area (Å²) in [5.74, 6) is 0.273. The van der Waals surface area contributed by atoms with Gasteiger partial charge in [-0.25, -0.2) is 0 Å². The van der Waals surface area contributed by atoms with Crippen molar-refractivity contribution in [3.8, 4) is 5.75 Å². The lowest BCUT2D eigenvalue weighted by Gasteiger charge is -2.10. The van der Waals surface area contributed by atoms with Crippen molar-refractivity contribution in [3.63, 3.8) is 0 Å². The summed E-state index contributed by atoms with van der Waals surface area (Å²) in [6.45, 7) is 1.84. The Labute approximate surface area is 149 Å². The summed E-state index contributed by atoms with van der Waals surface area (Å²) in [4.78, 5) is 23.8. The van der Waals surface area contributed by atoms with E-state index < -0.39 is 0 Å². The monoisotopic (exact) mass is 390 g/mol. The van der Waals surface area contributed by atoms with Crippen molar-refractivity contribution in [2.75, 3.05) is 19.0 Å². The number of carbonyl (C=O) groups is 2. The van der Waals surface area contributed by atoms with Gasteiger partial charge in [-0.05, 0) is 48.4 Å². The maximum absolute atomic E-state index is 11.9. The Bertz CT molecular complexity index is 730. The predicted octanol–water partition coefficient (Wildman–Crippen LogP) is 3.06. The van der Waals surface area contributed by atoms with Crippen LogP contribution in [-0.2, 0) is 16.0 Å². The number of carbonyl (C=O) groups excluding carboxylic acids is 2. The van der Waals surface area contributed by atoms with E-state index in [0.717, 1.165) is 27.0 Å². The molecule has 2 aromatic rings. The van der Waals surface area contributed by atoms with E-state index in [4.69, 9.17) is 4.74 Å². The first-order chi connectivity index (χ1) is 11.5. The molecule has 2 N–H and O–H groups in total. The number of halogens is 1. The van der Waals surface area contributed by atoms with E-state index in [1.807, 2.05) is 37.3 Å². The van der Waals surface area contributed by atoms with Crippen molar-refractivity contribution in [1.82, 2.24) is 5.32 Å². The van der Waals surface area contributed by atoms with Gasteiger partial charge in [0.15, 0.2) is 0 Å². The molecule has 2 rings (SSSR count). The second-order valence-corrected chi connectivity index (χ2v) is 6.22. The van der Waals surface area contributed by atoms with Crippen LogP contribution in [0.5, 0.6) is 5.75 Å². The van der Waals surface area contributed by atoms with Gasteiger partial charge in [-0.2, -0.15) is 0 Å². The van der Waals surface area contributed by atoms with Crippen LogP contribution in [-0.4, -0.2) is 25.5 Å². The van der Waals surface area contributed by atoms with Gasteiger partial charge in [-0.3, -0.25) is 9.59 Å². The topological polar surface area (TPSA) is 67.4 Å². The van der Waals surface area contributed by atoms with Gasteiger partial charge >= 0.3 is 0 Å². The third-order valence-corrected chi connectivity index (χ3v) is 3.93. The summed E-state index contributed by atoms with van der Waals surface area (Å²) in [5.41, 5.74) is 2.53. The fourth-order valence-electron chi connectivity index (χ4n) is 2.13. The molecule has 0 atom stereocenters. The molecule has 0 fully saturated rings. The molecule has 0 aliphatic rings. The normalized spacial score (nSPS) is 10.1. The van der Waals surface area contributed by atoms with Gasteiger partial charge in [0.25, 0.3) is 0 Å². The molecule has 0 aromatic heterocycles. The van der Waals surface area contributed by atoms with Crippen molar-refractivity contribution in [1.29, 1.82) is 0 Å². The Balaban J connectivity index is 1.81. The Hall–Kier alpha value is -2.34. The third-order valence-electron chi connectivity index (χ3n) is 3.43. The third kappa shape index (κ3) is 5.38. The average molecular weight is 391 g/mol. The van der Waals surface area contributed by atoms with Crippen molar-refractivity contribution >= 4 is 33.4 Å². The number of methoxy groups -OCH3 is 1. The average Bonchev–Trinajstić information content (AvgIpc) is 2.56. The molecule has 0 heterocycles. The fourth-order valence-corrected chi connectivity index (χ4v) is 2.61. The van der Waals surface area contributed by atoms with Crippen molar-refractivity contribution in [2.24, 2.45) is 0 Å². The van der Waals surface area contributed by atoms with Crippen LogP contribution in [0, 0.1) is 6.92 Å². The van der Waals surface area contributed by atoms with Crippen molar-refractivity contribution < 1.29 is 14.3 Å². The highest BCUT2D eigenvalue weighted by molar-refractivity contribution is 9.10. The lowest BCUT2D eigenvalue weighted by Crippen LogP contribution is -2.33. The highest BCUT2D eigenvalue weighted by Gasteiger charge is 2.08. The quantitative estimate of drug-likeness (QED) is 0.796. The van der Waals surface area contributed by atoms with E-state index in [0.29, 0.717) is 0 Å². The predicted molar refractivity (Wildman–Crippen MR) is 97.2 cm³/mol. The number of hydrogen-bond acceptors (Lipinski definition) is 3. The zero-order valence-corrected chi connectivity index (χ0v) is 15.1. The maximum Gasteiger partial charge on any atom is 0.243 e. The number of amides is 2. The van der Waals surface area contributed by atoms with Crippen LogP contribution in [0.2, 0.25) is 0 Å². The Morgan fingerprint density at radius 1 is 1.08 bits per heavy atom. The molecule has 0 saturated carbocycles. The first-order valence-corrected chi connectivity index (χ1v) is 8.23. The smallest absolute Gasteiger partial charge is 0.243 e. The van der Waals surface area contributed by atoms with Gasteiger partial charge in [-0.1, -0.05) is 28.1 Å². The minimum absolute atomic E-state index is 0.0650. The zero-order chi connectivity index (χ0) is 17.5. The lowest BCUT2D eigenvalue weighted by atomic mass is 10.1.